The van der Waals surface area contributed by atoms with Gasteiger partial charge in [0.05, 0.1) is 6.61 Å². The summed E-state index contributed by atoms with van der Waals surface area (Å²) in [6.07, 6.45) is -0.917. The first-order valence-electron chi connectivity index (χ1n) is 5.79. The summed E-state index contributed by atoms with van der Waals surface area (Å²) in [5, 5.41) is 5.89. The summed E-state index contributed by atoms with van der Waals surface area (Å²) in [5.74, 6) is -1.99. The van der Waals surface area contributed by atoms with Crippen molar-refractivity contribution in [3.8, 4) is 0 Å². The van der Waals surface area contributed by atoms with Crippen molar-refractivity contribution in [3.63, 3.8) is 0 Å². The summed E-state index contributed by atoms with van der Waals surface area (Å²) >= 11 is 1.04. The van der Waals surface area contributed by atoms with E-state index in [9.17, 15) is 19.2 Å². The molecule has 0 aromatic carbocycles. The zero-order chi connectivity index (χ0) is 15.8. The Morgan fingerprint density at radius 3 is 2.62 bits per heavy atom. The number of hydrogen-bond donors (Lipinski definition) is 2. The molecule has 21 heavy (non-hydrogen) atoms. The molecule has 0 radical (unpaired) electrons. The third-order valence-electron chi connectivity index (χ3n) is 1.85. The highest BCUT2D eigenvalue weighted by Crippen LogP contribution is 2.15. The summed E-state index contributed by atoms with van der Waals surface area (Å²) in [5.41, 5.74) is -0.0484. The molecule has 10 heteroatoms. The van der Waals surface area contributed by atoms with Gasteiger partial charge in [0.25, 0.3) is 5.91 Å². The van der Waals surface area contributed by atoms with Gasteiger partial charge in [-0.2, -0.15) is 0 Å². The maximum atomic E-state index is 11.6. The Hall–Kier alpha value is -2.49. The van der Waals surface area contributed by atoms with Crippen LogP contribution >= 0.6 is 11.3 Å². The number of amides is 3. The molecule has 0 aliphatic carbocycles. The Labute approximate surface area is 123 Å². The van der Waals surface area contributed by atoms with Crippen LogP contribution in [0.3, 0.4) is 0 Å². The van der Waals surface area contributed by atoms with Crippen molar-refractivity contribution >= 4 is 40.3 Å². The second kappa shape index (κ2) is 7.94. The molecule has 9 nitrogen and oxygen atoms in total. The Morgan fingerprint density at radius 1 is 1.29 bits per heavy atom. The summed E-state index contributed by atoms with van der Waals surface area (Å²) in [6.45, 7) is 2.35. The van der Waals surface area contributed by atoms with E-state index >= 15 is 0 Å². The van der Waals surface area contributed by atoms with Gasteiger partial charge >= 0.3 is 12.1 Å². The minimum Gasteiger partial charge on any atom is -0.451 e. The average molecular weight is 315 g/mol. The first-order valence-corrected chi connectivity index (χ1v) is 6.67. The van der Waals surface area contributed by atoms with E-state index < -0.39 is 24.6 Å². The van der Waals surface area contributed by atoms with Gasteiger partial charge in [-0.05, 0) is 6.92 Å². The fourth-order valence-electron chi connectivity index (χ4n) is 1.10. The normalized spacial score (nSPS) is 9.62. The highest BCUT2D eigenvalue weighted by atomic mass is 32.1. The highest BCUT2D eigenvalue weighted by Gasteiger charge is 2.16. The minimum absolute atomic E-state index is 0.0484. The largest absolute Gasteiger partial charge is 0.451 e. The summed E-state index contributed by atoms with van der Waals surface area (Å²) < 4.78 is 9.14. The first kappa shape index (κ1) is 16.6. The molecule has 0 saturated heterocycles. The van der Waals surface area contributed by atoms with Gasteiger partial charge in [0, 0.05) is 12.3 Å². The molecule has 0 spiro atoms. The second-order valence-electron chi connectivity index (χ2n) is 3.56. The van der Waals surface area contributed by atoms with E-state index in [4.69, 9.17) is 0 Å². The van der Waals surface area contributed by atoms with Crippen molar-refractivity contribution in [2.75, 3.05) is 18.5 Å². The van der Waals surface area contributed by atoms with E-state index in [-0.39, 0.29) is 23.3 Å². The number of nitrogens with one attached hydrogen (secondary N) is 2. The molecule has 1 heterocycles. The molecule has 2 N–H and O–H groups in total. The predicted molar refractivity (Wildman–Crippen MR) is 71.9 cm³/mol. The van der Waals surface area contributed by atoms with Crippen LogP contribution < -0.4 is 10.6 Å². The van der Waals surface area contributed by atoms with Gasteiger partial charge in [-0.1, -0.05) is 0 Å². The number of hydrogen-bond acceptors (Lipinski definition) is 8. The third kappa shape index (κ3) is 5.99. The molecule has 3 amide bonds. The van der Waals surface area contributed by atoms with Crippen molar-refractivity contribution in [1.29, 1.82) is 0 Å². The van der Waals surface area contributed by atoms with Crippen LogP contribution in [-0.4, -0.2) is 42.1 Å². The van der Waals surface area contributed by atoms with Crippen LogP contribution in [0.15, 0.2) is 5.38 Å². The number of esters is 1. The summed E-state index contributed by atoms with van der Waals surface area (Å²) in [7, 11) is 0. The van der Waals surface area contributed by atoms with Gasteiger partial charge in [-0.15, -0.1) is 11.3 Å². The first-order chi connectivity index (χ1) is 9.92. The van der Waals surface area contributed by atoms with Gasteiger partial charge in [0.2, 0.25) is 5.91 Å². The van der Waals surface area contributed by atoms with E-state index in [1.54, 1.807) is 6.92 Å². The van der Waals surface area contributed by atoms with Crippen LogP contribution in [0.25, 0.3) is 0 Å². The molecular weight excluding hydrogens is 302 g/mol. The molecule has 0 atom stereocenters. The number of rotatable bonds is 5. The summed E-state index contributed by atoms with van der Waals surface area (Å²) in [6, 6.07) is 0. The number of aromatic nitrogens is 1. The van der Waals surface area contributed by atoms with Gasteiger partial charge in [0.15, 0.2) is 17.4 Å². The van der Waals surface area contributed by atoms with Crippen molar-refractivity contribution < 1.29 is 28.7 Å². The predicted octanol–water partition coefficient (Wildman–Crippen LogP) is 0.531. The van der Waals surface area contributed by atoms with Crippen molar-refractivity contribution in [2.24, 2.45) is 0 Å². The van der Waals surface area contributed by atoms with Crippen molar-refractivity contribution in [3.05, 3.63) is 11.1 Å². The highest BCUT2D eigenvalue weighted by molar-refractivity contribution is 7.14. The number of carbonyl (C=O) groups is 4. The standard InChI is InChI=1S/C11H13N3O6S/c1-3-19-11(18)14-8(16)4-20-9(17)7-5-21-10(13-7)12-6(2)15/h5H,3-4H2,1-2H3,(H,12,13,15)(H,14,16,18). The van der Waals surface area contributed by atoms with Crippen LogP contribution in [0.2, 0.25) is 0 Å². The summed E-state index contributed by atoms with van der Waals surface area (Å²) in [4.78, 5) is 48.4. The maximum Gasteiger partial charge on any atom is 0.413 e. The fraction of sp³-hybridized carbons (Fsp3) is 0.364. The van der Waals surface area contributed by atoms with Crippen LogP contribution in [0.1, 0.15) is 24.3 Å². The Morgan fingerprint density at radius 2 is 2.00 bits per heavy atom. The lowest BCUT2D eigenvalue weighted by molar-refractivity contribution is -0.123. The molecule has 1 aromatic heterocycles. The average Bonchev–Trinajstić information content (AvgIpc) is 2.83. The third-order valence-corrected chi connectivity index (χ3v) is 2.61. The number of ether oxygens (including phenoxy) is 2. The monoisotopic (exact) mass is 315 g/mol. The van der Waals surface area contributed by atoms with Crippen molar-refractivity contribution in [1.82, 2.24) is 10.3 Å². The van der Waals surface area contributed by atoms with Gasteiger partial charge < -0.3 is 14.8 Å². The van der Waals surface area contributed by atoms with Gasteiger partial charge in [-0.25, -0.2) is 14.6 Å². The van der Waals surface area contributed by atoms with E-state index in [1.165, 1.54) is 12.3 Å². The topological polar surface area (TPSA) is 124 Å². The molecule has 0 aliphatic rings. The number of thiazole rings is 1. The lowest BCUT2D eigenvalue weighted by Crippen LogP contribution is -2.34. The molecule has 0 fully saturated rings. The lowest BCUT2D eigenvalue weighted by atomic mass is 10.5. The Bertz CT molecular complexity index is 556. The van der Waals surface area contributed by atoms with Crippen LogP contribution in [0.4, 0.5) is 9.93 Å². The van der Waals surface area contributed by atoms with E-state index in [2.05, 4.69) is 19.8 Å². The zero-order valence-electron chi connectivity index (χ0n) is 11.3. The maximum absolute atomic E-state index is 11.6. The number of alkyl carbamates (subject to hydrolysis) is 1. The second-order valence-corrected chi connectivity index (χ2v) is 4.42. The van der Waals surface area contributed by atoms with E-state index in [0.29, 0.717) is 0 Å². The van der Waals surface area contributed by atoms with E-state index in [0.717, 1.165) is 11.3 Å². The lowest BCUT2D eigenvalue weighted by Gasteiger charge is -2.04. The molecule has 0 aliphatic heterocycles. The molecule has 0 bridgehead atoms. The van der Waals surface area contributed by atoms with Gasteiger partial charge in [-0.3, -0.25) is 14.9 Å². The van der Waals surface area contributed by atoms with Crippen molar-refractivity contribution in [2.45, 2.75) is 13.8 Å². The smallest absolute Gasteiger partial charge is 0.413 e. The van der Waals surface area contributed by atoms with Crippen LogP contribution in [0.5, 0.6) is 0 Å². The molecule has 0 saturated carbocycles. The molecule has 0 unspecified atom stereocenters. The number of anilines is 1. The molecule has 114 valence electrons. The SMILES string of the molecule is CCOC(=O)NC(=O)COC(=O)c1csc(NC(C)=O)n1. The Balaban J connectivity index is 2.43. The number of imide groups is 1. The number of nitrogens with zero attached hydrogens (tertiary/aromatic N) is 1. The minimum atomic E-state index is -0.917. The van der Waals surface area contributed by atoms with Gasteiger partial charge in [0.1, 0.15) is 0 Å². The molecular formula is C11H13N3O6S. The van der Waals surface area contributed by atoms with E-state index in [1.807, 2.05) is 5.32 Å². The van der Waals surface area contributed by atoms with Crippen LogP contribution in [-0.2, 0) is 19.1 Å². The Kier molecular flexibility index (Phi) is 6.27. The quantitative estimate of drug-likeness (QED) is 0.759. The fourth-order valence-corrected chi connectivity index (χ4v) is 1.82. The molecule has 1 aromatic rings. The molecule has 1 rings (SSSR count). The van der Waals surface area contributed by atoms with Crippen LogP contribution in [0, 0.1) is 0 Å². The zero-order valence-corrected chi connectivity index (χ0v) is 12.1. The number of carbonyl (C=O) groups excluding carboxylic acids is 4.